The molecule has 0 bridgehead atoms. The second kappa shape index (κ2) is 4.74. The number of hydrogen-bond acceptors (Lipinski definition) is 4. The average molecular weight is 216 g/mol. The fourth-order valence-electron chi connectivity index (χ4n) is 1.51. The van der Waals surface area contributed by atoms with Gasteiger partial charge in [0.05, 0.1) is 13.0 Å². The van der Waals surface area contributed by atoms with Crippen LogP contribution < -0.4 is 5.32 Å². The molecule has 0 aromatic heterocycles. The summed E-state index contributed by atoms with van der Waals surface area (Å²) in [4.78, 5) is 33.6. The molecule has 84 valence electrons. The summed E-state index contributed by atoms with van der Waals surface area (Å²) in [5.74, 6) is -2.61. The Hall–Kier alpha value is -1.63. The first-order valence-corrected chi connectivity index (χ1v) is 4.46. The van der Waals surface area contributed by atoms with Crippen LogP contribution in [-0.2, 0) is 14.4 Å². The van der Waals surface area contributed by atoms with E-state index in [0.29, 0.717) is 13.1 Å². The Balaban J connectivity index is 2.67. The summed E-state index contributed by atoms with van der Waals surface area (Å²) in [6.07, 6.45) is -0.376. The quantitative estimate of drug-likeness (QED) is 0.519. The predicted octanol–water partition coefficient (Wildman–Crippen LogP) is -1.65. The fourth-order valence-corrected chi connectivity index (χ4v) is 1.51. The number of rotatable bonds is 4. The third-order valence-corrected chi connectivity index (χ3v) is 2.15. The van der Waals surface area contributed by atoms with Crippen LogP contribution in [0.4, 0.5) is 0 Å². The first kappa shape index (κ1) is 11.4. The van der Waals surface area contributed by atoms with Crippen LogP contribution in [0.1, 0.15) is 6.42 Å². The van der Waals surface area contributed by atoms with Gasteiger partial charge in [0, 0.05) is 13.1 Å². The van der Waals surface area contributed by atoms with Crippen LogP contribution in [0.3, 0.4) is 0 Å². The second-order valence-corrected chi connectivity index (χ2v) is 3.27. The maximum Gasteiger partial charge on any atom is 0.317 e. The molecule has 0 spiro atoms. The number of nitrogens with one attached hydrogen (secondary N) is 1. The number of hydrogen-bond donors (Lipinski definition) is 3. The molecule has 0 aromatic rings. The van der Waals surface area contributed by atoms with Crippen LogP contribution in [0, 0.1) is 0 Å². The van der Waals surface area contributed by atoms with Crippen molar-refractivity contribution in [1.29, 1.82) is 0 Å². The number of aliphatic carboxylic acids is 2. The van der Waals surface area contributed by atoms with E-state index in [1.54, 1.807) is 0 Å². The number of nitrogens with zero attached hydrogens (tertiary/aromatic N) is 1. The van der Waals surface area contributed by atoms with Crippen molar-refractivity contribution in [2.45, 2.75) is 12.5 Å². The molecule has 1 rings (SSSR count). The lowest BCUT2D eigenvalue weighted by Gasteiger charge is -2.32. The van der Waals surface area contributed by atoms with E-state index in [2.05, 4.69) is 5.32 Å². The summed E-state index contributed by atoms with van der Waals surface area (Å²) in [6.45, 7) is 0.392. The van der Waals surface area contributed by atoms with E-state index in [-0.39, 0.29) is 13.0 Å². The number of carboxylic acids is 2. The van der Waals surface area contributed by atoms with Crippen LogP contribution in [0.25, 0.3) is 0 Å². The van der Waals surface area contributed by atoms with Gasteiger partial charge in [-0.3, -0.25) is 19.3 Å². The van der Waals surface area contributed by atoms with Crippen LogP contribution >= 0.6 is 0 Å². The van der Waals surface area contributed by atoms with Crippen molar-refractivity contribution in [3.05, 3.63) is 0 Å². The van der Waals surface area contributed by atoms with Gasteiger partial charge < -0.3 is 15.5 Å². The standard InChI is InChI=1S/C8H12N2O5/c11-6(12)3-5-8(15)9-1-2-10(5)4-7(13)14/h5H,1-4H2,(H,9,15)(H,11,12)(H,13,14). The Labute approximate surface area is 85.7 Å². The molecule has 0 radical (unpaired) electrons. The van der Waals surface area contributed by atoms with Gasteiger partial charge in [-0.15, -0.1) is 0 Å². The zero-order valence-electron chi connectivity index (χ0n) is 7.97. The van der Waals surface area contributed by atoms with Crippen molar-refractivity contribution in [3.63, 3.8) is 0 Å². The molecule has 0 saturated carbocycles. The third kappa shape index (κ3) is 3.21. The van der Waals surface area contributed by atoms with E-state index in [9.17, 15) is 14.4 Å². The zero-order valence-corrected chi connectivity index (χ0v) is 7.97. The Kier molecular flexibility index (Phi) is 3.62. The molecule has 1 amide bonds. The number of piperazine rings is 1. The summed E-state index contributed by atoms with van der Waals surface area (Å²) < 4.78 is 0. The molecule has 1 unspecified atom stereocenters. The number of carbonyl (C=O) groups excluding carboxylic acids is 1. The summed E-state index contributed by atoms with van der Waals surface area (Å²) in [7, 11) is 0. The van der Waals surface area contributed by atoms with E-state index in [1.807, 2.05) is 0 Å². The fraction of sp³-hybridized carbons (Fsp3) is 0.625. The molecule has 1 atom stereocenters. The van der Waals surface area contributed by atoms with Gasteiger partial charge in [-0.1, -0.05) is 0 Å². The molecule has 1 heterocycles. The lowest BCUT2D eigenvalue weighted by molar-refractivity contribution is -0.147. The Morgan fingerprint density at radius 2 is 2.07 bits per heavy atom. The molecule has 1 aliphatic rings. The molecule has 1 saturated heterocycles. The van der Waals surface area contributed by atoms with Gasteiger partial charge in [0.15, 0.2) is 0 Å². The highest BCUT2D eigenvalue weighted by molar-refractivity contribution is 5.87. The van der Waals surface area contributed by atoms with E-state index in [1.165, 1.54) is 4.90 Å². The minimum absolute atomic E-state index is 0.314. The third-order valence-electron chi connectivity index (χ3n) is 2.15. The van der Waals surface area contributed by atoms with E-state index in [0.717, 1.165) is 0 Å². The van der Waals surface area contributed by atoms with Gasteiger partial charge in [0.2, 0.25) is 5.91 Å². The Morgan fingerprint density at radius 3 is 2.60 bits per heavy atom. The normalized spacial score (nSPS) is 22.1. The average Bonchev–Trinajstić information content (AvgIpc) is 2.09. The molecule has 0 aromatic carbocycles. The molecule has 7 heteroatoms. The molecule has 0 aliphatic carbocycles. The maximum atomic E-state index is 11.3. The van der Waals surface area contributed by atoms with Gasteiger partial charge in [-0.2, -0.15) is 0 Å². The van der Waals surface area contributed by atoms with E-state index in [4.69, 9.17) is 10.2 Å². The predicted molar refractivity (Wildman–Crippen MR) is 48.3 cm³/mol. The molecule has 7 nitrogen and oxygen atoms in total. The smallest absolute Gasteiger partial charge is 0.317 e. The molecule has 15 heavy (non-hydrogen) atoms. The van der Waals surface area contributed by atoms with Crippen LogP contribution in [0.2, 0.25) is 0 Å². The van der Waals surface area contributed by atoms with Gasteiger partial charge >= 0.3 is 11.9 Å². The summed E-state index contributed by atoms with van der Waals surface area (Å²) >= 11 is 0. The lowest BCUT2D eigenvalue weighted by Crippen LogP contribution is -2.57. The largest absolute Gasteiger partial charge is 0.481 e. The second-order valence-electron chi connectivity index (χ2n) is 3.27. The minimum atomic E-state index is -1.12. The summed E-state index contributed by atoms with van der Waals surface area (Å²) in [6, 6.07) is -0.882. The highest BCUT2D eigenvalue weighted by Crippen LogP contribution is 2.08. The Bertz CT molecular complexity index is 291. The summed E-state index contributed by atoms with van der Waals surface area (Å²) in [5.41, 5.74) is 0. The topological polar surface area (TPSA) is 107 Å². The molecular formula is C8H12N2O5. The van der Waals surface area contributed by atoms with Gasteiger partial charge in [-0.25, -0.2) is 0 Å². The number of carboxylic acid groups (broad SMARTS) is 2. The molecule has 3 N–H and O–H groups in total. The van der Waals surface area contributed by atoms with Crippen molar-refractivity contribution < 1.29 is 24.6 Å². The minimum Gasteiger partial charge on any atom is -0.481 e. The SMILES string of the molecule is O=C(O)CC1C(=O)NCCN1CC(=O)O. The van der Waals surface area contributed by atoms with Gasteiger partial charge in [0.1, 0.15) is 6.04 Å². The Morgan fingerprint density at radius 1 is 1.40 bits per heavy atom. The van der Waals surface area contributed by atoms with Crippen LogP contribution in [0.5, 0.6) is 0 Å². The zero-order chi connectivity index (χ0) is 11.4. The number of amides is 1. The van der Waals surface area contributed by atoms with E-state index < -0.39 is 23.9 Å². The molecule has 1 fully saturated rings. The highest BCUT2D eigenvalue weighted by Gasteiger charge is 2.32. The molecule has 1 aliphatic heterocycles. The monoisotopic (exact) mass is 216 g/mol. The van der Waals surface area contributed by atoms with Crippen molar-refractivity contribution in [2.75, 3.05) is 19.6 Å². The van der Waals surface area contributed by atoms with Gasteiger partial charge in [0.25, 0.3) is 0 Å². The van der Waals surface area contributed by atoms with Crippen molar-refractivity contribution in [1.82, 2.24) is 10.2 Å². The highest BCUT2D eigenvalue weighted by atomic mass is 16.4. The van der Waals surface area contributed by atoms with Gasteiger partial charge in [-0.05, 0) is 0 Å². The van der Waals surface area contributed by atoms with Crippen molar-refractivity contribution >= 4 is 17.8 Å². The number of carbonyl (C=O) groups is 3. The lowest BCUT2D eigenvalue weighted by atomic mass is 10.1. The van der Waals surface area contributed by atoms with Crippen molar-refractivity contribution in [2.24, 2.45) is 0 Å². The van der Waals surface area contributed by atoms with E-state index >= 15 is 0 Å². The van der Waals surface area contributed by atoms with Crippen molar-refractivity contribution in [3.8, 4) is 0 Å². The maximum absolute atomic E-state index is 11.3. The first-order chi connectivity index (χ1) is 7.00. The van der Waals surface area contributed by atoms with Crippen LogP contribution in [-0.4, -0.2) is 58.6 Å². The summed E-state index contributed by atoms with van der Waals surface area (Å²) in [5, 5.41) is 19.7. The first-order valence-electron chi connectivity index (χ1n) is 4.46. The van der Waals surface area contributed by atoms with Crippen LogP contribution in [0.15, 0.2) is 0 Å². The molecular weight excluding hydrogens is 204 g/mol.